The first kappa shape index (κ1) is 16.1. The molecule has 2 heterocycles. The van der Waals surface area contributed by atoms with Gasteiger partial charge in [-0.3, -0.25) is 0 Å². The third kappa shape index (κ3) is 2.77. The molecular weight excluding hydrogens is 299 g/mol. The number of hydrazine groups is 1. The fourth-order valence-corrected chi connectivity index (χ4v) is 3.54. The number of hydrogen-bond acceptors (Lipinski definition) is 6. The van der Waals surface area contributed by atoms with Crippen molar-refractivity contribution in [3.63, 3.8) is 0 Å². The molecule has 0 amide bonds. The molecule has 3 N–H and O–H groups in total. The number of likely N-dealkylation sites (N-methyl/N-ethyl adjacent to an activating group) is 1. The van der Waals surface area contributed by atoms with Gasteiger partial charge in [0.2, 0.25) is 0 Å². The molecule has 0 spiro atoms. The van der Waals surface area contributed by atoms with E-state index in [1.54, 1.807) is 7.05 Å². The first-order valence-corrected chi connectivity index (χ1v) is 7.93. The van der Waals surface area contributed by atoms with E-state index < -0.39 is 0 Å². The van der Waals surface area contributed by atoms with Gasteiger partial charge in [-0.2, -0.15) is 0 Å². The van der Waals surface area contributed by atoms with Gasteiger partial charge in [0.1, 0.15) is 12.0 Å². The zero-order chi connectivity index (χ0) is 16.4. The summed E-state index contributed by atoms with van der Waals surface area (Å²) in [5.74, 6) is 0.113. The minimum Gasteiger partial charge on any atom is -0.377 e. The lowest BCUT2D eigenvalue weighted by Crippen LogP contribution is -2.40. The lowest BCUT2D eigenvalue weighted by atomic mass is 10.1. The summed E-state index contributed by atoms with van der Waals surface area (Å²) in [6.07, 6.45) is 4.95. The molecule has 1 saturated carbocycles. The zero-order valence-electron chi connectivity index (χ0n) is 13.6. The fourth-order valence-electron chi connectivity index (χ4n) is 3.54. The first-order valence-electron chi connectivity index (χ1n) is 7.93. The molecule has 2 aromatic heterocycles. The Bertz CT molecular complexity index is 675. The highest BCUT2D eigenvalue weighted by Gasteiger charge is 2.38. The predicted molar refractivity (Wildman–Crippen MR) is 86.7 cm³/mol. The summed E-state index contributed by atoms with van der Waals surface area (Å²) < 4.78 is 22.2. The Morgan fingerprint density at radius 2 is 2.17 bits per heavy atom. The van der Waals surface area contributed by atoms with Gasteiger partial charge in [0.15, 0.2) is 11.6 Å². The molecular formula is C15H23FN6O. The van der Waals surface area contributed by atoms with Gasteiger partial charge in [0.25, 0.3) is 0 Å². The smallest absolute Gasteiger partial charge is 0.156 e. The molecule has 1 fully saturated rings. The maximum absolute atomic E-state index is 14.5. The second kappa shape index (κ2) is 6.77. The summed E-state index contributed by atoms with van der Waals surface area (Å²) in [7, 11) is 3.63. The highest BCUT2D eigenvalue weighted by atomic mass is 19.1. The van der Waals surface area contributed by atoms with Gasteiger partial charge in [-0.1, -0.05) is 0 Å². The summed E-state index contributed by atoms with van der Waals surface area (Å²) in [5, 5.41) is 3.72. The normalized spacial score (nSPS) is 24.4. The van der Waals surface area contributed by atoms with E-state index in [1.807, 2.05) is 18.5 Å². The minimum atomic E-state index is -0.326. The first-order chi connectivity index (χ1) is 11.2. The molecule has 3 atom stereocenters. The van der Waals surface area contributed by atoms with E-state index in [0.29, 0.717) is 23.5 Å². The number of halogens is 1. The Balaban J connectivity index is 2.02. The molecule has 1 aliphatic carbocycles. The highest BCUT2D eigenvalue weighted by molar-refractivity contribution is 5.88. The van der Waals surface area contributed by atoms with Crippen molar-refractivity contribution in [1.29, 1.82) is 0 Å². The van der Waals surface area contributed by atoms with Crippen LogP contribution in [-0.2, 0) is 4.74 Å². The molecule has 7 nitrogen and oxygen atoms in total. The summed E-state index contributed by atoms with van der Waals surface area (Å²) in [5.41, 5.74) is 6.23. The fraction of sp³-hybridized carbons (Fsp3) is 0.600. The van der Waals surface area contributed by atoms with Crippen molar-refractivity contribution >= 4 is 16.9 Å². The average Bonchev–Trinajstić information content (AvgIpc) is 3.10. The number of ether oxygens (including phenoxy) is 1. The molecule has 8 heteroatoms. The van der Waals surface area contributed by atoms with E-state index in [1.165, 1.54) is 12.5 Å². The van der Waals surface area contributed by atoms with Crippen LogP contribution in [0.25, 0.3) is 11.0 Å². The largest absolute Gasteiger partial charge is 0.377 e. The number of nitrogens with one attached hydrogen (secondary N) is 3. The molecule has 1 aliphatic rings. The number of rotatable bonds is 6. The second-order valence-corrected chi connectivity index (χ2v) is 5.63. The molecule has 0 aromatic carbocycles. The monoisotopic (exact) mass is 322 g/mol. The third-order valence-corrected chi connectivity index (χ3v) is 4.44. The molecule has 0 bridgehead atoms. The second-order valence-electron chi connectivity index (χ2n) is 5.63. The van der Waals surface area contributed by atoms with E-state index in [4.69, 9.17) is 4.74 Å². The molecule has 0 aliphatic heterocycles. The number of hydrogen-bond donors (Lipinski definition) is 3. The van der Waals surface area contributed by atoms with E-state index in [9.17, 15) is 4.39 Å². The zero-order valence-corrected chi connectivity index (χ0v) is 13.6. The topological polar surface area (TPSA) is 76.0 Å². The number of nitrogens with zero attached hydrogens (tertiary/aromatic N) is 3. The van der Waals surface area contributed by atoms with Crippen molar-refractivity contribution in [2.24, 2.45) is 0 Å². The summed E-state index contributed by atoms with van der Waals surface area (Å²) in [4.78, 5) is 8.41. The standard InChI is InChI=1S/C15H23FN6O/c1-4-23-11-6-5-10(13(11)17-2)22-7-9(16)12-14(21-18-3)19-8-20-15(12)22/h7-8,10-11,13,17-18H,4-6H2,1-3H3,(H,19,20,21)/t10-,11-,13+/m1/s1. The lowest BCUT2D eigenvalue weighted by molar-refractivity contribution is 0.0460. The van der Waals surface area contributed by atoms with E-state index in [-0.39, 0.29) is 24.0 Å². The maximum Gasteiger partial charge on any atom is 0.156 e. The van der Waals surface area contributed by atoms with Gasteiger partial charge in [-0.05, 0) is 26.8 Å². The summed E-state index contributed by atoms with van der Waals surface area (Å²) in [6, 6.07) is 0.224. The van der Waals surface area contributed by atoms with Crippen molar-refractivity contribution in [1.82, 2.24) is 25.3 Å². The summed E-state index contributed by atoms with van der Waals surface area (Å²) >= 11 is 0. The van der Waals surface area contributed by atoms with Gasteiger partial charge in [-0.15, -0.1) is 0 Å². The van der Waals surface area contributed by atoms with Crippen LogP contribution < -0.4 is 16.2 Å². The molecule has 0 radical (unpaired) electrons. The molecule has 126 valence electrons. The number of anilines is 1. The molecule has 0 unspecified atom stereocenters. The molecule has 0 saturated heterocycles. The van der Waals surface area contributed by atoms with Crippen LogP contribution in [0, 0.1) is 5.82 Å². The quantitative estimate of drug-likeness (QED) is 0.699. The van der Waals surface area contributed by atoms with Crippen molar-refractivity contribution in [3.8, 4) is 0 Å². The Labute approximate surface area is 134 Å². The van der Waals surface area contributed by atoms with E-state index in [2.05, 4.69) is 26.1 Å². The Hall–Kier alpha value is -1.77. The van der Waals surface area contributed by atoms with Gasteiger partial charge in [0.05, 0.1) is 23.6 Å². The van der Waals surface area contributed by atoms with Crippen LogP contribution in [0.4, 0.5) is 10.2 Å². The highest BCUT2D eigenvalue weighted by Crippen LogP contribution is 2.36. The molecule has 23 heavy (non-hydrogen) atoms. The van der Waals surface area contributed by atoms with Gasteiger partial charge < -0.3 is 20.0 Å². The summed E-state index contributed by atoms with van der Waals surface area (Å²) in [6.45, 7) is 2.67. The third-order valence-electron chi connectivity index (χ3n) is 4.44. The molecule has 3 rings (SSSR count). The Morgan fingerprint density at radius 1 is 1.35 bits per heavy atom. The van der Waals surface area contributed by atoms with Crippen LogP contribution in [0.15, 0.2) is 12.5 Å². The van der Waals surface area contributed by atoms with Gasteiger partial charge in [-0.25, -0.2) is 19.8 Å². The number of fused-ring (bicyclic) bond motifs is 1. The van der Waals surface area contributed by atoms with Crippen LogP contribution in [0.5, 0.6) is 0 Å². The lowest BCUT2D eigenvalue weighted by Gasteiger charge is -2.25. The average molecular weight is 322 g/mol. The van der Waals surface area contributed by atoms with Crippen molar-refractivity contribution in [2.45, 2.75) is 38.0 Å². The number of aromatic nitrogens is 3. The van der Waals surface area contributed by atoms with Crippen molar-refractivity contribution in [2.75, 3.05) is 26.1 Å². The van der Waals surface area contributed by atoms with E-state index in [0.717, 1.165) is 12.8 Å². The maximum atomic E-state index is 14.5. The van der Waals surface area contributed by atoms with Crippen molar-refractivity contribution < 1.29 is 9.13 Å². The van der Waals surface area contributed by atoms with Crippen LogP contribution in [0.2, 0.25) is 0 Å². The predicted octanol–water partition coefficient (Wildman–Crippen LogP) is 1.44. The van der Waals surface area contributed by atoms with E-state index >= 15 is 0 Å². The van der Waals surface area contributed by atoms with Crippen LogP contribution >= 0.6 is 0 Å². The molecule has 2 aromatic rings. The van der Waals surface area contributed by atoms with Gasteiger partial charge >= 0.3 is 0 Å². The van der Waals surface area contributed by atoms with Crippen molar-refractivity contribution in [3.05, 3.63) is 18.3 Å². The van der Waals surface area contributed by atoms with Crippen LogP contribution in [0.3, 0.4) is 0 Å². The Kier molecular flexibility index (Phi) is 4.74. The van der Waals surface area contributed by atoms with Gasteiger partial charge in [0, 0.05) is 19.9 Å². The van der Waals surface area contributed by atoms with Crippen LogP contribution in [0.1, 0.15) is 25.8 Å². The minimum absolute atomic E-state index is 0.0980. The SMILES string of the molecule is CCO[C@@H]1CC[C@@H](n2cc(F)c3c(NNC)ncnc32)[C@@H]1NC. The van der Waals surface area contributed by atoms with Crippen LogP contribution in [-0.4, -0.2) is 47.4 Å². The Morgan fingerprint density at radius 3 is 2.87 bits per heavy atom.